The molecule has 0 aromatic carbocycles. The zero-order valence-corrected chi connectivity index (χ0v) is 40.2. The highest BCUT2D eigenvalue weighted by Gasteiger charge is 2.19. The summed E-state index contributed by atoms with van der Waals surface area (Å²) in [6.45, 7) is 6.54. The van der Waals surface area contributed by atoms with E-state index < -0.39 is 6.10 Å². The summed E-state index contributed by atoms with van der Waals surface area (Å²) in [6.07, 6.45) is 60.6. The lowest BCUT2D eigenvalue weighted by atomic mass is 10.1. The van der Waals surface area contributed by atoms with E-state index in [-0.39, 0.29) is 31.1 Å². The second-order valence-electron chi connectivity index (χ2n) is 17.1. The van der Waals surface area contributed by atoms with E-state index in [0.717, 1.165) is 89.9 Å². The number of carbonyl (C=O) groups excluding carboxylic acids is 3. The van der Waals surface area contributed by atoms with Crippen LogP contribution in [0, 0.1) is 0 Å². The molecule has 0 spiro atoms. The Balaban J connectivity index is 4.46. The molecule has 0 aliphatic rings. The maximum absolute atomic E-state index is 12.8. The molecule has 1 atom stereocenters. The summed E-state index contributed by atoms with van der Waals surface area (Å²) in [4.78, 5) is 37.9. The molecule has 0 fully saturated rings. The normalized spacial score (nSPS) is 12.5. The van der Waals surface area contributed by atoms with Crippen LogP contribution >= 0.6 is 0 Å². The maximum atomic E-state index is 12.8. The molecule has 352 valence electrons. The van der Waals surface area contributed by atoms with Crippen molar-refractivity contribution in [3.05, 3.63) is 60.8 Å². The Hall–Kier alpha value is -2.89. The van der Waals surface area contributed by atoms with Crippen molar-refractivity contribution in [3.63, 3.8) is 0 Å². The minimum atomic E-state index is -0.796. The van der Waals surface area contributed by atoms with Crippen LogP contribution in [0.3, 0.4) is 0 Å². The van der Waals surface area contributed by atoms with E-state index in [9.17, 15) is 14.4 Å². The van der Waals surface area contributed by atoms with Gasteiger partial charge in [0.2, 0.25) is 0 Å². The molecule has 0 rings (SSSR count). The predicted octanol–water partition coefficient (Wildman–Crippen LogP) is 16.9. The van der Waals surface area contributed by atoms with Crippen molar-refractivity contribution in [2.75, 3.05) is 13.2 Å². The SMILES string of the molecule is CCCCC/C=C\C/C=C\C/C=C\CCCCC(=O)OC[C@H](COC(=O)CCCCCCC/C=C\CCCCCC)OC(=O)CCCCCCC/C=C\CCCCCCCC. The van der Waals surface area contributed by atoms with Crippen LogP contribution in [-0.4, -0.2) is 37.2 Å². The van der Waals surface area contributed by atoms with Crippen LogP contribution in [-0.2, 0) is 28.6 Å². The van der Waals surface area contributed by atoms with Gasteiger partial charge in [0.1, 0.15) is 13.2 Å². The monoisotopic (exact) mass is 853 g/mol. The Labute approximate surface area is 377 Å². The van der Waals surface area contributed by atoms with E-state index >= 15 is 0 Å². The fourth-order valence-corrected chi connectivity index (χ4v) is 7.03. The Morgan fingerprint density at radius 2 is 0.590 bits per heavy atom. The minimum absolute atomic E-state index is 0.0938. The first-order valence-corrected chi connectivity index (χ1v) is 25.8. The van der Waals surface area contributed by atoms with Gasteiger partial charge in [-0.1, -0.05) is 184 Å². The van der Waals surface area contributed by atoms with Crippen molar-refractivity contribution >= 4 is 17.9 Å². The van der Waals surface area contributed by atoms with Crippen LogP contribution in [0.5, 0.6) is 0 Å². The minimum Gasteiger partial charge on any atom is -0.462 e. The average Bonchev–Trinajstić information content (AvgIpc) is 3.26. The van der Waals surface area contributed by atoms with E-state index in [1.165, 1.54) is 122 Å². The Bertz CT molecular complexity index is 1120. The average molecular weight is 853 g/mol. The van der Waals surface area contributed by atoms with Gasteiger partial charge < -0.3 is 14.2 Å². The molecule has 0 unspecified atom stereocenters. The molecule has 0 bridgehead atoms. The van der Waals surface area contributed by atoms with Crippen molar-refractivity contribution in [2.45, 2.75) is 258 Å². The van der Waals surface area contributed by atoms with Gasteiger partial charge >= 0.3 is 17.9 Å². The molecule has 0 radical (unpaired) electrons. The lowest BCUT2D eigenvalue weighted by Gasteiger charge is -2.18. The van der Waals surface area contributed by atoms with Crippen molar-refractivity contribution < 1.29 is 28.6 Å². The van der Waals surface area contributed by atoms with Crippen LogP contribution in [0.4, 0.5) is 0 Å². The highest BCUT2D eigenvalue weighted by Crippen LogP contribution is 2.13. The summed E-state index contributed by atoms with van der Waals surface area (Å²) in [7, 11) is 0. The lowest BCUT2D eigenvalue weighted by molar-refractivity contribution is -0.167. The third-order valence-electron chi connectivity index (χ3n) is 11.0. The molecular formula is C55H96O6. The van der Waals surface area contributed by atoms with Gasteiger partial charge in [-0.15, -0.1) is 0 Å². The molecule has 6 heteroatoms. The Morgan fingerprint density at radius 1 is 0.328 bits per heavy atom. The van der Waals surface area contributed by atoms with E-state index in [0.29, 0.717) is 19.3 Å². The molecule has 61 heavy (non-hydrogen) atoms. The third kappa shape index (κ3) is 48.0. The summed E-state index contributed by atoms with van der Waals surface area (Å²) in [5.74, 6) is -0.947. The molecule has 6 nitrogen and oxygen atoms in total. The summed E-state index contributed by atoms with van der Waals surface area (Å²) < 4.78 is 16.7. The predicted molar refractivity (Wildman–Crippen MR) is 261 cm³/mol. The summed E-state index contributed by atoms with van der Waals surface area (Å²) in [6, 6.07) is 0. The number of ether oxygens (including phenoxy) is 3. The highest BCUT2D eigenvalue weighted by atomic mass is 16.6. The number of esters is 3. The van der Waals surface area contributed by atoms with Crippen LogP contribution in [0.2, 0.25) is 0 Å². The maximum Gasteiger partial charge on any atom is 0.306 e. The first kappa shape index (κ1) is 58.1. The summed E-state index contributed by atoms with van der Waals surface area (Å²) >= 11 is 0. The van der Waals surface area contributed by atoms with Crippen molar-refractivity contribution in [2.24, 2.45) is 0 Å². The Morgan fingerprint density at radius 3 is 1.02 bits per heavy atom. The lowest BCUT2D eigenvalue weighted by Crippen LogP contribution is -2.30. The number of unbranched alkanes of at least 4 members (excludes halogenated alkanes) is 25. The van der Waals surface area contributed by atoms with Crippen LogP contribution < -0.4 is 0 Å². The van der Waals surface area contributed by atoms with Crippen LogP contribution in [0.15, 0.2) is 60.8 Å². The van der Waals surface area contributed by atoms with Gasteiger partial charge in [-0.05, 0) is 109 Å². The fraction of sp³-hybridized carbons (Fsp3) is 0.764. The highest BCUT2D eigenvalue weighted by molar-refractivity contribution is 5.71. The quantitative estimate of drug-likeness (QED) is 0.0263. The topological polar surface area (TPSA) is 78.9 Å². The van der Waals surface area contributed by atoms with Gasteiger partial charge in [-0.25, -0.2) is 0 Å². The van der Waals surface area contributed by atoms with Gasteiger partial charge in [-0.2, -0.15) is 0 Å². The molecule has 0 N–H and O–H groups in total. The number of hydrogen-bond donors (Lipinski definition) is 0. The standard InChI is InChI=1S/C55H96O6/c1-4-7-10-13-16-19-22-25-27-30-33-36-39-42-45-48-54(57)60-51-52(50-59-53(56)47-44-41-38-35-32-29-24-21-18-15-12-9-6-3)61-55(58)49-46-43-40-37-34-31-28-26-23-20-17-14-11-8-5-2/h16,19,21,24-28,33,36,52H,4-15,17-18,20,22-23,29-32,34-35,37-51H2,1-3H3/b19-16-,24-21-,27-25-,28-26-,36-33-/t52-/m0/s1. The molecule has 0 saturated carbocycles. The van der Waals surface area contributed by atoms with Crippen LogP contribution in [0.25, 0.3) is 0 Å². The van der Waals surface area contributed by atoms with Crippen molar-refractivity contribution in [1.29, 1.82) is 0 Å². The van der Waals surface area contributed by atoms with Gasteiger partial charge in [0, 0.05) is 19.3 Å². The molecule has 0 aromatic heterocycles. The van der Waals surface area contributed by atoms with Gasteiger partial charge in [0.15, 0.2) is 6.10 Å². The Kier molecular flexibility index (Phi) is 47.4. The van der Waals surface area contributed by atoms with E-state index in [1.807, 2.05) is 0 Å². The summed E-state index contributed by atoms with van der Waals surface area (Å²) in [5.41, 5.74) is 0. The number of allylic oxidation sites excluding steroid dienone is 10. The molecule has 0 heterocycles. The largest absolute Gasteiger partial charge is 0.462 e. The molecule has 0 amide bonds. The zero-order chi connectivity index (χ0) is 44.4. The van der Waals surface area contributed by atoms with Crippen molar-refractivity contribution in [3.8, 4) is 0 Å². The van der Waals surface area contributed by atoms with E-state index in [1.54, 1.807) is 0 Å². The molecular weight excluding hydrogens is 757 g/mol. The van der Waals surface area contributed by atoms with Crippen molar-refractivity contribution in [1.82, 2.24) is 0 Å². The molecule has 0 aromatic rings. The number of hydrogen-bond acceptors (Lipinski definition) is 6. The molecule has 0 aliphatic carbocycles. The van der Waals surface area contributed by atoms with Crippen LogP contribution in [0.1, 0.15) is 252 Å². The third-order valence-corrected chi connectivity index (χ3v) is 11.0. The second kappa shape index (κ2) is 49.8. The first-order chi connectivity index (χ1) is 30.0. The van der Waals surface area contributed by atoms with E-state index in [2.05, 4.69) is 81.5 Å². The summed E-state index contributed by atoms with van der Waals surface area (Å²) in [5, 5.41) is 0. The van der Waals surface area contributed by atoms with Gasteiger partial charge in [0.05, 0.1) is 0 Å². The smallest absolute Gasteiger partial charge is 0.306 e. The molecule has 0 aliphatic heterocycles. The number of rotatable bonds is 46. The van der Waals surface area contributed by atoms with Gasteiger partial charge in [0.25, 0.3) is 0 Å². The van der Waals surface area contributed by atoms with E-state index in [4.69, 9.17) is 14.2 Å². The first-order valence-electron chi connectivity index (χ1n) is 25.8. The van der Waals surface area contributed by atoms with Gasteiger partial charge in [-0.3, -0.25) is 14.4 Å². The zero-order valence-electron chi connectivity index (χ0n) is 40.2. The fourth-order valence-electron chi connectivity index (χ4n) is 7.03. The molecule has 0 saturated heterocycles. The second-order valence-corrected chi connectivity index (χ2v) is 17.1. The number of carbonyl (C=O) groups is 3.